The first-order valence-corrected chi connectivity index (χ1v) is 9.13. The molecule has 1 saturated heterocycles. The average Bonchev–Trinajstić information content (AvgIpc) is 3.01. The summed E-state index contributed by atoms with van der Waals surface area (Å²) in [5, 5.41) is 0. The summed E-state index contributed by atoms with van der Waals surface area (Å²) in [4.78, 5) is 15.2. The van der Waals surface area contributed by atoms with Crippen molar-refractivity contribution in [1.82, 2.24) is 4.90 Å². The molecule has 0 saturated carbocycles. The number of ether oxygens (including phenoxy) is 1. The van der Waals surface area contributed by atoms with Crippen molar-refractivity contribution < 1.29 is 9.53 Å². The first-order valence-electron chi connectivity index (χ1n) is 8.33. The SMILES string of the molecule is CCOC(=O)[C@]1(c2cccc(Br)c2)CCN(Cc2ccccc2)C1. The third kappa shape index (κ3) is 3.55. The Morgan fingerprint density at radius 3 is 2.71 bits per heavy atom. The van der Waals surface area contributed by atoms with E-state index in [4.69, 9.17) is 4.74 Å². The molecule has 24 heavy (non-hydrogen) atoms. The van der Waals surface area contributed by atoms with Crippen LogP contribution in [-0.2, 0) is 21.5 Å². The zero-order valence-electron chi connectivity index (χ0n) is 13.9. The second-order valence-corrected chi connectivity index (χ2v) is 7.17. The predicted molar refractivity (Wildman–Crippen MR) is 98.8 cm³/mol. The van der Waals surface area contributed by atoms with Gasteiger partial charge in [-0.25, -0.2) is 0 Å². The Morgan fingerprint density at radius 2 is 2.00 bits per heavy atom. The summed E-state index contributed by atoms with van der Waals surface area (Å²) in [7, 11) is 0. The van der Waals surface area contributed by atoms with Crippen molar-refractivity contribution in [3.05, 3.63) is 70.2 Å². The molecule has 1 heterocycles. The molecular formula is C20H22BrNO2. The van der Waals surface area contributed by atoms with Crippen LogP contribution in [0.15, 0.2) is 59.1 Å². The van der Waals surface area contributed by atoms with Crippen LogP contribution in [0, 0.1) is 0 Å². The van der Waals surface area contributed by atoms with Gasteiger partial charge in [0.15, 0.2) is 0 Å². The smallest absolute Gasteiger partial charge is 0.317 e. The molecule has 0 spiro atoms. The lowest BCUT2D eigenvalue weighted by Gasteiger charge is -2.28. The third-order valence-corrected chi connectivity index (χ3v) is 5.13. The fraction of sp³-hybridized carbons (Fsp3) is 0.350. The molecule has 0 radical (unpaired) electrons. The van der Waals surface area contributed by atoms with E-state index in [-0.39, 0.29) is 5.97 Å². The van der Waals surface area contributed by atoms with Crippen molar-refractivity contribution in [3.8, 4) is 0 Å². The van der Waals surface area contributed by atoms with Gasteiger partial charge in [-0.2, -0.15) is 0 Å². The Labute approximate surface area is 151 Å². The molecule has 0 unspecified atom stereocenters. The van der Waals surface area contributed by atoms with Crippen molar-refractivity contribution in [3.63, 3.8) is 0 Å². The number of carbonyl (C=O) groups is 1. The molecule has 0 aliphatic carbocycles. The van der Waals surface area contributed by atoms with Crippen molar-refractivity contribution in [2.24, 2.45) is 0 Å². The minimum absolute atomic E-state index is 0.112. The number of rotatable bonds is 5. The highest BCUT2D eigenvalue weighted by molar-refractivity contribution is 9.10. The molecule has 1 aliphatic heterocycles. The first-order chi connectivity index (χ1) is 11.6. The van der Waals surface area contributed by atoms with E-state index in [1.165, 1.54) is 5.56 Å². The van der Waals surface area contributed by atoms with Gasteiger partial charge in [0.25, 0.3) is 0 Å². The van der Waals surface area contributed by atoms with Crippen LogP contribution in [0.25, 0.3) is 0 Å². The van der Waals surface area contributed by atoms with Gasteiger partial charge in [0.1, 0.15) is 5.41 Å². The maximum Gasteiger partial charge on any atom is 0.317 e. The third-order valence-electron chi connectivity index (χ3n) is 4.64. The summed E-state index contributed by atoms with van der Waals surface area (Å²) in [5.41, 5.74) is 1.73. The standard InChI is InChI=1S/C20H22BrNO2/c1-2-24-19(23)20(17-9-6-10-18(21)13-17)11-12-22(15-20)14-16-7-4-3-5-8-16/h3-10,13H,2,11-12,14-15H2,1H3/t20-/m1/s1. The molecule has 2 aromatic carbocycles. The lowest BCUT2D eigenvalue weighted by Crippen LogP contribution is -2.40. The number of carbonyl (C=O) groups excluding carboxylic acids is 1. The molecule has 126 valence electrons. The van der Waals surface area contributed by atoms with Crippen LogP contribution in [-0.4, -0.2) is 30.6 Å². The van der Waals surface area contributed by atoms with Crippen LogP contribution in [0.4, 0.5) is 0 Å². The van der Waals surface area contributed by atoms with Gasteiger partial charge in [-0.05, 0) is 36.6 Å². The zero-order chi connectivity index (χ0) is 17.0. The molecular weight excluding hydrogens is 366 g/mol. The lowest BCUT2D eigenvalue weighted by atomic mass is 9.79. The van der Waals surface area contributed by atoms with Crippen molar-refractivity contribution in [2.75, 3.05) is 19.7 Å². The van der Waals surface area contributed by atoms with Crippen LogP contribution in [0.5, 0.6) is 0 Å². The zero-order valence-corrected chi connectivity index (χ0v) is 15.5. The first kappa shape index (κ1) is 17.2. The van der Waals surface area contributed by atoms with E-state index in [1.807, 2.05) is 37.3 Å². The van der Waals surface area contributed by atoms with Gasteiger partial charge >= 0.3 is 5.97 Å². The van der Waals surface area contributed by atoms with Crippen LogP contribution in [0.3, 0.4) is 0 Å². The molecule has 0 amide bonds. The van der Waals surface area contributed by atoms with Gasteiger partial charge in [-0.3, -0.25) is 9.69 Å². The molecule has 0 bridgehead atoms. The molecule has 0 aromatic heterocycles. The van der Waals surface area contributed by atoms with E-state index in [9.17, 15) is 4.79 Å². The van der Waals surface area contributed by atoms with Crippen LogP contribution >= 0.6 is 15.9 Å². The second kappa shape index (κ2) is 7.49. The quantitative estimate of drug-likeness (QED) is 0.721. The van der Waals surface area contributed by atoms with Crippen molar-refractivity contribution in [2.45, 2.75) is 25.3 Å². The Morgan fingerprint density at radius 1 is 1.21 bits per heavy atom. The van der Waals surface area contributed by atoms with Crippen molar-refractivity contribution in [1.29, 1.82) is 0 Å². The molecule has 1 aliphatic rings. The minimum atomic E-state index is -0.575. The largest absolute Gasteiger partial charge is 0.465 e. The van der Waals surface area contributed by atoms with Crippen LogP contribution in [0.2, 0.25) is 0 Å². The number of nitrogens with zero attached hydrogens (tertiary/aromatic N) is 1. The fourth-order valence-corrected chi connectivity index (χ4v) is 3.84. The Balaban J connectivity index is 1.86. The lowest BCUT2D eigenvalue weighted by molar-refractivity contribution is -0.149. The van der Waals surface area contributed by atoms with Crippen molar-refractivity contribution >= 4 is 21.9 Å². The highest BCUT2D eigenvalue weighted by atomic mass is 79.9. The van der Waals surface area contributed by atoms with E-state index in [2.05, 4.69) is 45.1 Å². The van der Waals surface area contributed by atoms with E-state index >= 15 is 0 Å². The number of halogens is 1. The predicted octanol–water partition coefficient (Wildman–Crippen LogP) is 4.16. The number of esters is 1. The molecule has 3 rings (SSSR count). The number of hydrogen-bond donors (Lipinski definition) is 0. The fourth-order valence-electron chi connectivity index (χ4n) is 3.44. The van der Waals surface area contributed by atoms with E-state index in [1.54, 1.807) is 0 Å². The van der Waals surface area contributed by atoms with Gasteiger partial charge in [-0.1, -0.05) is 58.4 Å². The number of hydrogen-bond acceptors (Lipinski definition) is 3. The summed E-state index contributed by atoms with van der Waals surface area (Å²) in [5.74, 6) is -0.112. The molecule has 4 heteroatoms. The summed E-state index contributed by atoms with van der Waals surface area (Å²) in [6.07, 6.45) is 0.787. The Kier molecular flexibility index (Phi) is 5.36. The highest BCUT2D eigenvalue weighted by Crippen LogP contribution is 2.37. The van der Waals surface area contributed by atoms with Gasteiger partial charge < -0.3 is 4.74 Å². The summed E-state index contributed by atoms with van der Waals surface area (Å²) >= 11 is 3.52. The maximum absolute atomic E-state index is 12.8. The molecule has 1 fully saturated rings. The van der Waals surface area contributed by atoms with Crippen LogP contribution in [0.1, 0.15) is 24.5 Å². The number of likely N-dealkylation sites (tertiary alicyclic amines) is 1. The van der Waals surface area contributed by atoms with Gasteiger partial charge in [0, 0.05) is 24.1 Å². The van der Waals surface area contributed by atoms with E-state index in [0.29, 0.717) is 13.2 Å². The molecule has 3 nitrogen and oxygen atoms in total. The topological polar surface area (TPSA) is 29.5 Å². The Hall–Kier alpha value is -1.65. The normalized spacial score (nSPS) is 20.9. The monoisotopic (exact) mass is 387 g/mol. The second-order valence-electron chi connectivity index (χ2n) is 6.26. The minimum Gasteiger partial charge on any atom is -0.465 e. The molecule has 2 aromatic rings. The van der Waals surface area contributed by atoms with E-state index in [0.717, 1.165) is 29.5 Å². The van der Waals surface area contributed by atoms with Gasteiger partial charge in [0.05, 0.1) is 6.61 Å². The average molecular weight is 388 g/mol. The van der Waals surface area contributed by atoms with E-state index < -0.39 is 5.41 Å². The highest BCUT2D eigenvalue weighted by Gasteiger charge is 2.47. The summed E-state index contributed by atoms with van der Waals surface area (Å²) < 4.78 is 6.43. The van der Waals surface area contributed by atoms with Gasteiger partial charge in [0.2, 0.25) is 0 Å². The number of benzene rings is 2. The van der Waals surface area contributed by atoms with Gasteiger partial charge in [-0.15, -0.1) is 0 Å². The maximum atomic E-state index is 12.8. The Bertz CT molecular complexity index is 704. The summed E-state index contributed by atoms with van der Waals surface area (Å²) in [6.45, 7) is 4.71. The molecule has 1 atom stereocenters. The summed E-state index contributed by atoms with van der Waals surface area (Å²) in [6, 6.07) is 18.4. The molecule has 0 N–H and O–H groups in total. The van der Waals surface area contributed by atoms with Crippen LogP contribution < -0.4 is 0 Å².